The Morgan fingerprint density at radius 2 is 1.95 bits per heavy atom. The van der Waals surface area contributed by atoms with Gasteiger partial charge in [-0.05, 0) is 25.0 Å². The summed E-state index contributed by atoms with van der Waals surface area (Å²) in [4.78, 5) is 33.4. The van der Waals surface area contributed by atoms with E-state index in [9.17, 15) is 24.8 Å². The van der Waals surface area contributed by atoms with Crippen LogP contribution in [-0.2, 0) is 9.53 Å². The molecule has 0 bridgehead atoms. The van der Waals surface area contributed by atoms with Gasteiger partial charge in [0.25, 0.3) is 5.69 Å². The lowest BCUT2D eigenvalue weighted by molar-refractivity contribution is -0.385. The largest absolute Gasteiger partial charge is 0.480 e. The molecule has 0 aliphatic heterocycles. The van der Waals surface area contributed by atoms with Gasteiger partial charge >= 0.3 is 11.9 Å². The number of benzene rings is 1. The number of anilines is 1. The number of nitrogens with zero attached hydrogens (tertiary/aromatic N) is 1. The topological polar surface area (TPSA) is 119 Å². The summed E-state index contributed by atoms with van der Waals surface area (Å²) < 4.78 is 4.55. The maximum atomic E-state index is 11.7. The average molecular weight is 310 g/mol. The van der Waals surface area contributed by atoms with Gasteiger partial charge in [0.1, 0.15) is 11.6 Å². The fourth-order valence-corrected chi connectivity index (χ4v) is 2.06. The van der Waals surface area contributed by atoms with E-state index in [1.54, 1.807) is 13.8 Å². The number of methoxy groups -OCH3 is 1. The predicted molar refractivity (Wildman–Crippen MR) is 79.1 cm³/mol. The zero-order chi connectivity index (χ0) is 17.0. The molecule has 2 N–H and O–H groups in total. The number of aliphatic carboxylic acids is 1. The van der Waals surface area contributed by atoms with E-state index >= 15 is 0 Å². The molecule has 0 amide bonds. The van der Waals surface area contributed by atoms with Crippen LogP contribution in [0.4, 0.5) is 11.4 Å². The van der Waals surface area contributed by atoms with Gasteiger partial charge in [0.2, 0.25) is 0 Å². The first-order chi connectivity index (χ1) is 10.2. The summed E-state index contributed by atoms with van der Waals surface area (Å²) in [5.74, 6) is -2.12. The van der Waals surface area contributed by atoms with Gasteiger partial charge in [0.05, 0.1) is 12.0 Å². The number of nitro benzene ring substituents is 1. The summed E-state index contributed by atoms with van der Waals surface area (Å²) in [6.07, 6.45) is 0. The molecule has 22 heavy (non-hydrogen) atoms. The van der Waals surface area contributed by atoms with Crippen LogP contribution in [0.2, 0.25) is 0 Å². The van der Waals surface area contributed by atoms with Gasteiger partial charge < -0.3 is 15.2 Å². The molecule has 0 aromatic heterocycles. The summed E-state index contributed by atoms with van der Waals surface area (Å²) in [6, 6.07) is 1.78. The van der Waals surface area contributed by atoms with Gasteiger partial charge in [-0.25, -0.2) is 9.59 Å². The molecular formula is C14H18N2O6. The van der Waals surface area contributed by atoms with Gasteiger partial charge in [0, 0.05) is 11.3 Å². The molecular weight excluding hydrogens is 292 g/mol. The van der Waals surface area contributed by atoms with Crippen molar-refractivity contribution < 1.29 is 24.4 Å². The molecule has 0 spiro atoms. The lowest BCUT2D eigenvalue weighted by atomic mass is 10.0. The number of carboxylic acid groups (broad SMARTS) is 1. The molecule has 1 aromatic carbocycles. The van der Waals surface area contributed by atoms with Crippen LogP contribution < -0.4 is 5.32 Å². The van der Waals surface area contributed by atoms with Crippen LogP contribution in [-0.4, -0.2) is 35.1 Å². The minimum Gasteiger partial charge on any atom is -0.480 e. The minimum atomic E-state index is -1.05. The lowest BCUT2D eigenvalue weighted by Crippen LogP contribution is -2.34. The minimum absolute atomic E-state index is 0.213. The first-order valence-electron chi connectivity index (χ1n) is 6.55. The monoisotopic (exact) mass is 310 g/mol. The zero-order valence-corrected chi connectivity index (χ0v) is 12.7. The van der Waals surface area contributed by atoms with Crippen molar-refractivity contribution in [1.29, 1.82) is 0 Å². The molecule has 1 rings (SSSR count). The summed E-state index contributed by atoms with van der Waals surface area (Å²) in [6.45, 7) is 4.93. The van der Waals surface area contributed by atoms with Gasteiger partial charge in [-0.1, -0.05) is 13.8 Å². The van der Waals surface area contributed by atoms with Crippen molar-refractivity contribution in [2.75, 3.05) is 12.4 Å². The van der Waals surface area contributed by atoms with Gasteiger partial charge in [0.15, 0.2) is 0 Å². The number of nitrogens with one attached hydrogen (secondary N) is 1. The molecule has 1 atom stereocenters. The van der Waals surface area contributed by atoms with E-state index in [4.69, 9.17) is 0 Å². The lowest BCUT2D eigenvalue weighted by Gasteiger charge is -2.20. The maximum Gasteiger partial charge on any atom is 0.344 e. The predicted octanol–water partition coefficient (Wildman–Crippen LogP) is 2.21. The third kappa shape index (κ3) is 3.72. The number of aryl methyl sites for hydroxylation is 1. The van der Waals surface area contributed by atoms with Crippen molar-refractivity contribution in [1.82, 2.24) is 0 Å². The Bertz CT molecular complexity index is 612. The quantitative estimate of drug-likeness (QED) is 0.469. The van der Waals surface area contributed by atoms with Crippen LogP contribution in [0.5, 0.6) is 0 Å². The Balaban J connectivity index is 3.34. The van der Waals surface area contributed by atoms with Crippen molar-refractivity contribution in [3.05, 3.63) is 33.4 Å². The van der Waals surface area contributed by atoms with Crippen molar-refractivity contribution >= 4 is 23.3 Å². The van der Waals surface area contributed by atoms with E-state index in [-0.39, 0.29) is 22.7 Å². The highest BCUT2D eigenvalue weighted by Crippen LogP contribution is 2.29. The smallest absolute Gasteiger partial charge is 0.344 e. The molecule has 0 aliphatic carbocycles. The number of hydrogen-bond acceptors (Lipinski definition) is 6. The maximum absolute atomic E-state index is 11.7. The van der Waals surface area contributed by atoms with E-state index in [0.29, 0.717) is 5.69 Å². The van der Waals surface area contributed by atoms with E-state index < -0.39 is 22.9 Å². The van der Waals surface area contributed by atoms with E-state index in [1.165, 1.54) is 19.1 Å². The SMILES string of the molecule is COC(=O)c1cc(N[C@H](C(=O)O)C(C)C)cc(C)c1[N+](=O)[O-]. The molecule has 0 heterocycles. The second kappa shape index (κ2) is 6.88. The standard InChI is InChI=1S/C14H18N2O6/c1-7(2)11(13(17)18)15-9-5-8(3)12(16(20)21)10(6-9)14(19)22-4/h5-7,11,15H,1-4H3,(H,17,18)/t11-/m0/s1. The molecule has 0 aliphatic rings. The molecule has 0 saturated heterocycles. The molecule has 8 heteroatoms. The summed E-state index contributed by atoms with van der Waals surface area (Å²) in [5, 5.41) is 23.0. The van der Waals surface area contributed by atoms with Crippen LogP contribution in [0.3, 0.4) is 0 Å². The number of rotatable bonds is 6. The van der Waals surface area contributed by atoms with Crippen molar-refractivity contribution in [3.8, 4) is 0 Å². The van der Waals surface area contributed by atoms with Crippen LogP contribution >= 0.6 is 0 Å². The van der Waals surface area contributed by atoms with E-state index in [2.05, 4.69) is 10.1 Å². The van der Waals surface area contributed by atoms with Crippen molar-refractivity contribution in [3.63, 3.8) is 0 Å². The Hall–Kier alpha value is -2.64. The molecule has 1 aromatic rings. The van der Waals surface area contributed by atoms with Gasteiger partial charge in [-0.3, -0.25) is 10.1 Å². The van der Waals surface area contributed by atoms with Crippen LogP contribution in [0.15, 0.2) is 12.1 Å². The fourth-order valence-electron chi connectivity index (χ4n) is 2.06. The highest BCUT2D eigenvalue weighted by molar-refractivity contribution is 5.96. The number of carbonyl (C=O) groups is 2. The van der Waals surface area contributed by atoms with Crippen molar-refractivity contribution in [2.45, 2.75) is 26.8 Å². The first-order valence-corrected chi connectivity index (χ1v) is 6.55. The number of carbonyl (C=O) groups excluding carboxylic acids is 1. The Morgan fingerprint density at radius 1 is 1.36 bits per heavy atom. The van der Waals surface area contributed by atoms with Crippen LogP contribution in [0.25, 0.3) is 0 Å². The second-order valence-electron chi connectivity index (χ2n) is 5.14. The van der Waals surface area contributed by atoms with E-state index in [1.807, 2.05) is 0 Å². The summed E-state index contributed by atoms with van der Waals surface area (Å²) >= 11 is 0. The molecule has 0 fully saturated rings. The highest BCUT2D eigenvalue weighted by Gasteiger charge is 2.27. The number of hydrogen-bond donors (Lipinski definition) is 2. The summed E-state index contributed by atoms with van der Waals surface area (Å²) in [5.41, 5.74) is -0.0235. The molecule has 120 valence electrons. The zero-order valence-electron chi connectivity index (χ0n) is 12.7. The van der Waals surface area contributed by atoms with Crippen LogP contribution in [0, 0.1) is 23.0 Å². The fraction of sp³-hybridized carbons (Fsp3) is 0.429. The van der Waals surface area contributed by atoms with E-state index in [0.717, 1.165) is 7.11 Å². The average Bonchev–Trinajstić information content (AvgIpc) is 2.41. The third-order valence-corrected chi connectivity index (χ3v) is 3.14. The van der Waals surface area contributed by atoms with Gasteiger partial charge in [-0.15, -0.1) is 0 Å². The normalized spacial score (nSPS) is 11.9. The number of esters is 1. The molecule has 0 unspecified atom stereocenters. The number of ether oxygens (including phenoxy) is 1. The third-order valence-electron chi connectivity index (χ3n) is 3.14. The molecule has 8 nitrogen and oxygen atoms in total. The number of carboxylic acids is 1. The van der Waals surface area contributed by atoms with Gasteiger partial charge in [-0.2, -0.15) is 0 Å². The molecule has 0 saturated carbocycles. The molecule has 0 radical (unpaired) electrons. The second-order valence-corrected chi connectivity index (χ2v) is 5.14. The summed E-state index contributed by atoms with van der Waals surface area (Å²) in [7, 11) is 1.12. The van der Waals surface area contributed by atoms with Crippen LogP contribution in [0.1, 0.15) is 29.8 Å². The Labute approximate surface area is 127 Å². The first kappa shape index (κ1) is 17.4. The Kier molecular flexibility index (Phi) is 5.44. The van der Waals surface area contributed by atoms with Crippen molar-refractivity contribution in [2.24, 2.45) is 5.92 Å². The highest BCUT2D eigenvalue weighted by atomic mass is 16.6. The number of nitro groups is 1. The Morgan fingerprint density at radius 3 is 2.36 bits per heavy atom.